The van der Waals surface area contributed by atoms with Gasteiger partial charge in [0.2, 0.25) is 0 Å². The molecule has 0 fully saturated rings. The Kier molecular flexibility index (Phi) is 6.09. The first kappa shape index (κ1) is 15.7. The molecular formula is C8H18Cl2PZr. The molecule has 0 amide bonds. The van der Waals surface area contributed by atoms with E-state index < -0.39 is 18.8 Å². The summed E-state index contributed by atoms with van der Waals surface area (Å²) in [4.78, 5) is 0. The van der Waals surface area contributed by atoms with Gasteiger partial charge in [-0.2, -0.15) is 0 Å². The average Bonchev–Trinajstić information content (AvgIpc) is 2.04. The Bertz CT molecular complexity index is 214. The molecule has 1 aromatic rings. The van der Waals surface area contributed by atoms with Crippen LogP contribution in [-0.2, 0) is 18.8 Å². The Morgan fingerprint density at radius 1 is 1.08 bits per heavy atom. The van der Waals surface area contributed by atoms with E-state index in [1.54, 1.807) is 3.00 Å². The van der Waals surface area contributed by atoms with Gasteiger partial charge in [0.25, 0.3) is 0 Å². The minimum absolute atomic E-state index is 0. The summed E-state index contributed by atoms with van der Waals surface area (Å²) in [5.74, 6) is 2.29. The van der Waals surface area contributed by atoms with Gasteiger partial charge in [0, 0.05) is 0 Å². The van der Waals surface area contributed by atoms with Crippen molar-refractivity contribution in [3.8, 4) is 0 Å². The zero-order chi connectivity index (χ0) is 7.85. The van der Waals surface area contributed by atoms with Crippen molar-refractivity contribution in [2.45, 2.75) is 18.5 Å². The average molecular weight is 307 g/mol. The normalized spacial score (nSPS) is 14.2. The Hall–Kier alpha value is 1.24. The van der Waals surface area contributed by atoms with Gasteiger partial charge < -0.3 is 0 Å². The van der Waals surface area contributed by atoms with Gasteiger partial charge in [-0.15, -0.1) is 24.8 Å². The molecule has 0 aliphatic carbocycles. The molecular weight excluding hydrogens is 289 g/mol. The molecule has 0 aliphatic heterocycles. The second-order valence-electron chi connectivity index (χ2n) is 5.08. The predicted molar refractivity (Wildman–Crippen MR) is 63.5 cm³/mol. The van der Waals surface area contributed by atoms with Crippen molar-refractivity contribution in [1.82, 2.24) is 0 Å². The van der Waals surface area contributed by atoms with Crippen LogP contribution < -0.4 is 3.00 Å². The van der Waals surface area contributed by atoms with Gasteiger partial charge >= 0.3 is 66.4 Å². The minimum atomic E-state index is -2.19. The summed E-state index contributed by atoms with van der Waals surface area (Å²) in [7, 11) is 0.996. The van der Waals surface area contributed by atoms with Crippen molar-refractivity contribution in [2.24, 2.45) is 0 Å². The molecule has 0 saturated heterocycles. The molecule has 0 aliphatic rings. The Morgan fingerprint density at radius 2 is 1.58 bits per heavy atom. The van der Waals surface area contributed by atoms with Crippen LogP contribution in [0.2, 0.25) is 18.5 Å². The molecule has 4 heteroatoms. The van der Waals surface area contributed by atoms with Gasteiger partial charge in [0.15, 0.2) is 0 Å². The second kappa shape index (κ2) is 4.65. The van der Waals surface area contributed by atoms with E-state index in [-0.39, 0.29) is 24.8 Å². The molecule has 12 heavy (non-hydrogen) atoms. The molecule has 0 nitrogen and oxygen atoms in total. The van der Waals surface area contributed by atoms with Crippen molar-refractivity contribution >= 4 is 36.0 Å². The molecule has 0 spiro atoms. The fourth-order valence-corrected chi connectivity index (χ4v) is 8.84. The van der Waals surface area contributed by atoms with Crippen LogP contribution in [0.4, 0.5) is 0 Å². The van der Waals surface area contributed by atoms with Gasteiger partial charge in [0.05, 0.1) is 0 Å². The molecule has 0 aromatic carbocycles. The zero-order valence-corrected chi connectivity index (χ0v) is 13.1. The summed E-state index contributed by atoms with van der Waals surface area (Å²) in [6.45, 7) is 0. The van der Waals surface area contributed by atoms with E-state index in [1.807, 2.05) is 0 Å². The maximum atomic E-state index is 2.49. The molecule has 73 valence electrons. The second-order valence-corrected chi connectivity index (χ2v) is 28.5. The number of hydrogen-bond donors (Lipinski definition) is 0. The van der Waals surface area contributed by atoms with Crippen LogP contribution in [0.25, 0.3) is 0 Å². The van der Waals surface area contributed by atoms with E-state index >= 15 is 0 Å². The Labute approximate surface area is 90.6 Å². The van der Waals surface area contributed by atoms with Gasteiger partial charge in [-0.05, 0) is 0 Å². The Morgan fingerprint density at radius 3 is 1.75 bits per heavy atom. The number of hydrogen-bond acceptors (Lipinski definition) is 0. The number of halogens is 2. The van der Waals surface area contributed by atoms with Crippen LogP contribution in [0.15, 0.2) is 17.9 Å². The van der Waals surface area contributed by atoms with E-state index in [9.17, 15) is 0 Å². The first-order valence-electron chi connectivity index (χ1n) is 3.74. The van der Waals surface area contributed by atoms with Gasteiger partial charge in [-0.3, -0.25) is 0 Å². The summed E-state index contributed by atoms with van der Waals surface area (Å²) in [6, 6.07) is 4.55. The zero-order valence-electron chi connectivity index (χ0n) is 8.05. The molecule has 1 aromatic heterocycles. The molecule has 0 saturated carbocycles. The van der Waals surface area contributed by atoms with Crippen molar-refractivity contribution in [1.29, 1.82) is 0 Å². The summed E-state index contributed by atoms with van der Waals surface area (Å²) >= 11 is -2.19. The summed E-state index contributed by atoms with van der Waals surface area (Å²) in [5, 5.41) is 0. The van der Waals surface area contributed by atoms with Crippen molar-refractivity contribution in [3.05, 3.63) is 17.9 Å². The van der Waals surface area contributed by atoms with Crippen LogP contribution in [0.1, 0.15) is 0 Å². The van der Waals surface area contributed by atoms with Gasteiger partial charge in [0.1, 0.15) is 0 Å². The summed E-state index contributed by atoms with van der Waals surface area (Å²) < 4.78 is 11.7. The van der Waals surface area contributed by atoms with Crippen LogP contribution >= 0.6 is 33.0 Å². The van der Waals surface area contributed by atoms with E-state index in [2.05, 4.69) is 36.5 Å². The fraction of sp³-hybridized carbons (Fsp3) is 0.500. The first-order chi connectivity index (χ1) is 4.36. The third kappa shape index (κ3) is 4.47. The van der Waals surface area contributed by atoms with E-state index in [1.165, 1.54) is 0 Å². The van der Waals surface area contributed by atoms with Crippen LogP contribution in [0.3, 0.4) is 0 Å². The molecule has 1 rings (SSSR count). The maximum absolute atomic E-state index is 2.49. The quantitative estimate of drug-likeness (QED) is 0.734. The molecule has 1 unspecified atom stereocenters. The monoisotopic (exact) mass is 305 g/mol. The van der Waals surface area contributed by atoms with E-state index in [4.69, 9.17) is 0 Å². The third-order valence-electron chi connectivity index (χ3n) is 1.68. The molecule has 0 radical (unpaired) electrons. The summed E-state index contributed by atoms with van der Waals surface area (Å²) in [5.41, 5.74) is 0. The SMILES string of the molecule is Cl.Cl.[CH3][Zr]([CH3])([CH3])([CH3])[c]1ccc[pH]1. The molecule has 1 heterocycles. The fourth-order valence-electron chi connectivity index (χ4n) is 0.952. The van der Waals surface area contributed by atoms with Crippen LogP contribution in [-0.4, -0.2) is 0 Å². The third-order valence-corrected chi connectivity index (χ3v) is 15.2. The van der Waals surface area contributed by atoms with Crippen molar-refractivity contribution < 1.29 is 18.8 Å². The predicted octanol–water partition coefficient (Wildman–Crippen LogP) is 4.07. The van der Waals surface area contributed by atoms with Gasteiger partial charge in [-0.25, -0.2) is 0 Å². The Balaban J connectivity index is 0. The first-order valence-corrected chi connectivity index (χ1v) is 15.9. The summed E-state index contributed by atoms with van der Waals surface area (Å²) in [6.07, 6.45) is 0. The van der Waals surface area contributed by atoms with Crippen LogP contribution in [0, 0.1) is 0 Å². The van der Waals surface area contributed by atoms with Crippen molar-refractivity contribution in [3.63, 3.8) is 0 Å². The van der Waals surface area contributed by atoms with Gasteiger partial charge in [-0.1, -0.05) is 0 Å². The van der Waals surface area contributed by atoms with Crippen molar-refractivity contribution in [2.75, 3.05) is 0 Å². The standard InChI is InChI=1S/C4H4P.4CH3.2ClH.Zr/c1-2-4-5-3-1;;;;;;;/h1-3,5H;4*1H3;2*1H;. The number of rotatable bonds is 1. The van der Waals surface area contributed by atoms with E-state index in [0.29, 0.717) is 0 Å². The van der Waals surface area contributed by atoms with Crippen LogP contribution in [0.5, 0.6) is 0 Å². The topological polar surface area (TPSA) is 0 Å². The van der Waals surface area contributed by atoms with E-state index in [0.717, 1.165) is 8.19 Å². The molecule has 0 N–H and O–H groups in total. The molecule has 1 atom stereocenters. The molecule has 0 bridgehead atoms.